The molecule has 1 saturated heterocycles. The Bertz CT molecular complexity index is 1050. The van der Waals surface area contributed by atoms with E-state index in [9.17, 15) is 13.2 Å². The number of benzene rings is 2. The maximum Gasteiger partial charge on any atom is 0.260 e. The summed E-state index contributed by atoms with van der Waals surface area (Å²) in [6.45, 7) is 2.73. The lowest BCUT2D eigenvalue weighted by Gasteiger charge is -2.34. The quantitative estimate of drug-likeness (QED) is 0.694. The van der Waals surface area contributed by atoms with E-state index in [1.807, 2.05) is 13.0 Å². The van der Waals surface area contributed by atoms with Gasteiger partial charge in [-0.25, -0.2) is 8.42 Å². The van der Waals surface area contributed by atoms with E-state index in [4.69, 9.17) is 14.7 Å². The van der Waals surface area contributed by atoms with Gasteiger partial charge in [-0.2, -0.15) is 9.57 Å². The number of nitriles is 1. The summed E-state index contributed by atoms with van der Waals surface area (Å²) in [5, 5.41) is 8.95. The molecule has 1 aliphatic rings. The first-order valence-corrected chi connectivity index (χ1v) is 10.8. The molecule has 8 nitrogen and oxygen atoms in total. The van der Waals surface area contributed by atoms with Gasteiger partial charge in [-0.05, 0) is 31.2 Å². The van der Waals surface area contributed by atoms with Crippen molar-refractivity contribution in [3.05, 3.63) is 53.6 Å². The average molecular weight is 429 g/mol. The molecule has 2 aromatic rings. The van der Waals surface area contributed by atoms with E-state index in [1.54, 1.807) is 41.3 Å². The monoisotopic (exact) mass is 429 g/mol. The van der Waals surface area contributed by atoms with Crippen LogP contribution in [0.3, 0.4) is 0 Å². The molecule has 1 amide bonds. The van der Waals surface area contributed by atoms with Gasteiger partial charge in [-0.15, -0.1) is 0 Å². The number of carbonyl (C=O) groups is 1. The van der Waals surface area contributed by atoms with Crippen LogP contribution in [-0.4, -0.2) is 63.4 Å². The van der Waals surface area contributed by atoms with Gasteiger partial charge in [0.2, 0.25) is 10.0 Å². The number of hydrogen-bond donors (Lipinski definition) is 0. The number of amides is 1. The maximum atomic E-state index is 12.8. The molecule has 1 heterocycles. The van der Waals surface area contributed by atoms with E-state index in [0.29, 0.717) is 17.1 Å². The third-order valence-electron chi connectivity index (χ3n) is 4.89. The number of piperazine rings is 1. The second-order valence-electron chi connectivity index (χ2n) is 6.86. The van der Waals surface area contributed by atoms with Crippen molar-refractivity contribution in [2.75, 3.05) is 39.9 Å². The van der Waals surface area contributed by atoms with E-state index in [0.717, 1.165) is 5.56 Å². The molecular weight excluding hydrogens is 406 g/mol. The molecule has 158 valence electrons. The topological polar surface area (TPSA) is 99.9 Å². The first-order valence-electron chi connectivity index (χ1n) is 9.40. The minimum absolute atomic E-state index is 0.201. The second kappa shape index (κ2) is 9.15. The molecule has 30 heavy (non-hydrogen) atoms. The van der Waals surface area contributed by atoms with Crippen molar-refractivity contribution in [3.63, 3.8) is 0 Å². The number of carbonyl (C=O) groups excluding carboxylic acids is 1. The zero-order valence-electron chi connectivity index (χ0n) is 16.9. The van der Waals surface area contributed by atoms with Crippen LogP contribution in [0.15, 0.2) is 47.4 Å². The summed E-state index contributed by atoms with van der Waals surface area (Å²) in [6, 6.07) is 13.4. The van der Waals surface area contributed by atoms with E-state index < -0.39 is 10.0 Å². The summed E-state index contributed by atoms with van der Waals surface area (Å²) in [5.41, 5.74) is 1.42. The molecule has 0 atom stereocenters. The molecular formula is C21H23N3O5S. The van der Waals surface area contributed by atoms with Gasteiger partial charge >= 0.3 is 0 Å². The fraction of sp³-hybridized carbons (Fsp3) is 0.333. The zero-order chi connectivity index (χ0) is 21.7. The number of nitrogens with zero attached hydrogens (tertiary/aromatic N) is 3. The van der Waals surface area contributed by atoms with Gasteiger partial charge in [0.15, 0.2) is 18.1 Å². The summed E-state index contributed by atoms with van der Waals surface area (Å²) in [4.78, 5) is 14.3. The van der Waals surface area contributed by atoms with Crippen molar-refractivity contribution >= 4 is 15.9 Å². The Morgan fingerprint density at radius 2 is 1.73 bits per heavy atom. The number of ether oxygens (including phenoxy) is 2. The molecule has 0 aromatic heterocycles. The van der Waals surface area contributed by atoms with Gasteiger partial charge in [0.05, 0.1) is 23.6 Å². The maximum absolute atomic E-state index is 12.8. The SMILES string of the molecule is COc1cc(C#N)ccc1OCC(=O)N1CCN(S(=O)(=O)c2ccc(C)cc2)CC1. The van der Waals surface area contributed by atoms with Crippen LogP contribution in [0.4, 0.5) is 0 Å². The highest BCUT2D eigenvalue weighted by atomic mass is 32.2. The summed E-state index contributed by atoms with van der Waals surface area (Å²) in [5.74, 6) is 0.495. The minimum atomic E-state index is -3.58. The molecule has 0 saturated carbocycles. The van der Waals surface area contributed by atoms with Crippen LogP contribution < -0.4 is 9.47 Å². The molecule has 0 N–H and O–H groups in total. The standard InChI is InChI=1S/C21H23N3O5S/c1-16-3-6-18(7-4-16)30(26,27)24-11-9-23(10-12-24)21(25)15-29-19-8-5-17(14-22)13-20(19)28-2/h3-8,13H,9-12,15H2,1-2H3. The van der Waals surface area contributed by atoms with Crippen molar-refractivity contribution in [1.82, 2.24) is 9.21 Å². The Morgan fingerprint density at radius 1 is 1.07 bits per heavy atom. The Kier molecular flexibility index (Phi) is 6.59. The van der Waals surface area contributed by atoms with E-state index in [2.05, 4.69) is 0 Å². The van der Waals surface area contributed by atoms with E-state index in [-0.39, 0.29) is 43.6 Å². The summed E-state index contributed by atoms with van der Waals surface area (Å²) in [7, 11) is -2.12. The highest BCUT2D eigenvalue weighted by molar-refractivity contribution is 7.89. The van der Waals surface area contributed by atoms with Crippen LogP contribution in [0.2, 0.25) is 0 Å². The lowest BCUT2D eigenvalue weighted by Crippen LogP contribution is -2.51. The van der Waals surface area contributed by atoms with Gasteiger partial charge in [-0.3, -0.25) is 4.79 Å². The lowest BCUT2D eigenvalue weighted by atomic mass is 10.2. The predicted octanol–water partition coefficient (Wildman–Crippen LogP) is 1.79. The molecule has 9 heteroatoms. The van der Waals surface area contributed by atoms with Crippen LogP contribution in [0.25, 0.3) is 0 Å². The van der Waals surface area contributed by atoms with Crippen molar-refractivity contribution in [2.45, 2.75) is 11.8 Å². The smallest absolute Gasteiger partial charge is 0.260 e. The highest BCUT2D eigenvalue weighted by Gasteiger charge is 2.30. The van der Waals surface area contributed by atoms with Crippen LogP contribution in [0, 0.1) is 18.3 Å². The molecule has 0 bridgehead atoms. The lowest BCUT2D eigenvalue weighted by molar-refractivity contribution is -0.134. The van der Waals surface area contributed by atoms with Crippen molar-refractivity contribution in [2.24, 2.45) is 0 Å². The number of methoxy groups -OCH3 is 1. The third-order valence-corrected chi connectivity index (χ3v) is 6.81. The average Bonchev–Trinajstić information content (AvgIpc) is 2.77. The second-order valence-corrected chi connectivity index (χ2v) is 8.80. The Labute approximate surface area is 176 Å². The largest absolute Gasteiger partial charge is 0.493 e. The zero-order valence-corrected chi connectivity index (χ0v) is 17.7. The van der Waals surface area contributed by atoms with E-state index >= 15 is 0 Å². The Balaban J connectivity index is 1.57. The first kappa shape index (κ1) is 21.6. The van der Waals surface area contributed by atoms with Crippen molar-refractivity contribution in [1.29, 1.82) is 5.26 Å². The van der Waals surface area contributed by atoms with Gasteiger partial charge < -0.3 is 14.4 Å². The third kappa shape index (κ3) is 4.72. The van der Waals surface area contributed by atoms with Gasteiger partial charge in [0, 0.05) is 32.2 Å². The van der Waals surface area contributed by atoms with Crippen LogP contribution in [0.1, 0.15) is 11.1 Å². The number of aryl methyl sites for hydroxylation is 1. The number of sulfonamides is 1. The Morgan fingerprint density at radius 3 is 2.33 bits per heavy atom. The van der Waals surface area contributed by atoms with Crippen LogP contribution in [-0.2, 0) is 14.8 Å². The number of hydrogen-bond acceptors (Lipinski definition) is 6. The molecule has 0 spiro atoms. The molecule has 0 radical (unpaired) electrons. The van der Waals surface area contributed by atoms with Crippen molar-refractivity contribution < 1.29 is 22.7 Å². The van der Waals surface area contributed by atoms with Crippen LogP contribution >= 0.6 is 0 Å². The summed E-state index contributed by atoms with van der Waals surface area (Å²) in [6.07, 6.45) is 0. The van der Waals surface area contributed by atoms with Gasteiger partial charge in [0.1, 0.15) is 0 Å². The van der Waals surface area contributed by atoms with Crippen LogP contribution in [0.5, 0.6) is 11.5 Å². The molecule has 0 aliphatic carbocycles. The summed E-state index contributed by atoms with van der Waals surface area (Å²) >= 11 is 0. The van der Waals surface area contributed by atoms with Gasteiger partial charge in [0.25, 0.3) is 5.91 Å². The molecule has 1 aliphatic heterocycles. The summed E-state index contributed by atoms with van der Waals surface area (Å²) < 4.78 is 37.7. The first-order chi connectivity index (χ1) is 14.3. The molecule has 2 aromatic carbocycles. The fourth-order valence-corrected chi connectivity index (χ4v) is 4.55. The number of rotatable bonds is 6. The van der Waals surface area contributed by atoms with E-state index in [1.165, 1.54) is 17.5 Å². The van der Waals surface area contributed by atoms with Crippen molar-refractivity contribution in [3.8, 4) is 17.6 Å². The minimum Gasteiger partial charge on any atom is -0.493 e. The normalized spacial score (nSPS) is 14.8. The Hall–Kier alpha value is -3.09. The molecule has 3 rings (SSSR count). The molecule has 0 unspecified atom stereocenters. The fourth-order valence-electron chi connectivity index (χ4n) is 3.12. The highest BCUT2D eigenvalue weighted by Crippen LogP contribution is 2.28. The molecule has 1 fully saturated rings. The van der Waals surface area contributed by atoms with Gasteiger partial charge in [-0.1, -0.05) is 17.7 Å². The predicted molar refractivity (Wildman–Crippen MR) is 110 cm³/mol.